The van der Waals surface area contributed by atoms with Crippen LogP contribution < -0.4 is 10.6 Å². The van der Waals surface area contributed by atoms with Gasteiger partial charge in [0.2, 0.25) is 11.9 Å². The topological polar surface area (TPSA) is 79.8 Å². The van der Waals surface area contributed by atoms with Crippen molar-refractivity contribution in [2.45, 2.75) is 51.5 Å². The molecule has 1 fully saturated rings. The van der Waals surface area contributed by atoms with Crippen LogP contribution in [-0.2, 0) is 4.79 Å². The lowest BCUT2D eigenvalue weighted by Gasteiger charge is -2.21. The van der Waals surface area contributed by atoms with E-state index in [-0.39, 0.29) is 35.8 Å². The third-order valence-electron chi connectivity index (χ3n) is 4.05. The van der Waals surface area contributed by atoms with E-state index in [1.807, 2.05) is 13.8 Å². The highest BCUT2D eigenvalue weighted by Gasteiger charge is 2.46. The highest BCUT2D eigenvalue weighted by Crippen LogP contribution is 2.38. The zero-order valence-electron chi connectivity index (χ0n) is 14.1. The van der Waals surface area contributed by atoms with Crippen LogP contribution in [0.3, 0.4) is 0 Å². The quantitative estimate of drug-likeness (QED) is 0.816. The summed E-state index contributed by atoms with van der Waals surface area (Å²) in [6.07, 6.45) is 1.20. The maximum atomic E-state index is 14.2. The van der Waals surface area contributed by atoms with Crippen molar-refractivity contribution >= 4 is 23.3 Å². The summed E-state index contributed by atoms with van der Waals surface area (Å²) in [5.41, 5.74) is -0.195. The number of hydrogen-bond acceptors (Lipinski definition) is 6. The molecule has 0 unspecified atom stereocenters. The lowest BCUT2D eigenvalue weighted by Crippen LogP contribution is -2.33. The summed E-state index contributed by atoms with van der Waals surface area (Å²) in [5, 5.41) is 6.05. The van der Waals surface area contributed by atoms with E-state index in [0.717, 1.165) is 12.8 Å². The van der Waals surface area contributed by atoms with Gasteiger partial charge in [-0.05, 0) is 39.0 Å². The number of alkyl halides is 2. The standard InChI is InChI=1S/C16H20F3N5O/c1-8(2)21-15-23-13(22-14(24-15)20-7-9-3-4-9)10-5-6-16(18,19)12(25)11(10)17/h8-9H,3-7H2,1-2H3,(H2,20,21,22,23,24). The van der Waals surface area contributed by atoms with Gasteiger partial charge in [-0.2, -0.15) is 23.7 Å². The highest BCUT2D eigenvalue weighted by atomic mass is 19.3. The van der Waals surface area contributed by atoms with Crippen LogP contribution in [0.4, 0.5) is 25.1 Å². The van der Waals surface area contributed by atoms with E-state index in [1.54, 1.807) is 0 Å². The van der Waals surface area contributed by atoms with Crippen LogP contribution in [0.2, 0.25) is 0 Å². The molecule has 1 aromatic rings. The zero-order valence-corrected chi connectivity index (χ0v) is 14.1. The normalized spacial score (nSPS) is 20.2. The molecule has 0 aliphatic heterocycles. The van der Waals surface area contributed by atoms with Gasteiger partial charge in [0, 0.05) is 24.6 Å². The second kappa shape index (κ2) is 6.61. The molecule has 1 saturated carbocycles. The Balaban J connectivity index is 1.94. The molecule has 2 aliphatic rings. The summed E-state index contributed by atoms with van der Waals surface area (Å²) in [5.74, 6) is -6.02. The first-order valence-corrected chi connectivity index (χ1v) is 8.34. The number of Topliss-reactive ketones (excluding diaryl/α,β-unsaturated/α-hetero) is 1. The molecule has 0 aromatic carbocycles. The first kappa shape index (κ1) is 17.6. The van der Waals surface area contributed by atoms with Crippen molar-refractivity contribution in [1.29, 1.82) is 0 Å². The van der Waals surface area contributed by atoms with E-state index in [2.05, 4.69) is 25.6 Å². The van der Waals surface area contributed by atoms with E-state index < -0.39 is 24.0 Å². The largest absolute Gasteiger partial charge is 0.354 e. The van der Waals surface area contributed by atoms with Crippen LogP contribution >= 0.6 is 0 Å². The predicted octanol–water partition coefficient (Wildman–Crippen LogP) is 3.19. The minimum absolute atomic E-state index is 0.0164. The summed E-state index contributed by atoms with van der Waals surface area (Å²) in [6, 6.07) is 0.0164. The third-order valence-corrected chi connectivity index (χ3v) is 4.05. The number of nitrogens with zero attached hydrogens (tertiary/aromatic N) is 3. The summed E-state index contributed by atoms with van der Waals surface area (Å²) < 4.78 is 40.9. The Bertz CT molecular complexity index is 716. The highest BCUT2D eigenvalue weighted by molar-refractivity contribution is 6.05. The second-order valence-corrected chi connectivity index (χ2v) is 6.76. The van der Waals surface area contributed by atoms with E-state index in [0.29, 0.717) is 12.5 Å². The van der Waals surface area contributed by atoms with Crippen LogP contribution in [0.1, 0.15) is 45.4 Å². The fourth-order valence-electron chi connectivity index (χ4n) is 2.48. The van der Waals surface area contributed by atoms with Crippen LogP contribution in [0.5, 0.6) is 0 Å². The molecule has 0 saturated heterocycles. The number of ketones is 1. The van der Waals surface area contributed by atoms with Gasteiger partial charge < -0.3 is 10.6 Å². The molecular weight excluding hydrogens is 335 g/mol. The summed E-state index contributed by atoms with van der Waals surface area (Å²) in [7, 11) is 0. The molecule has 0 radical (unpaired) electrons. The number of hydrogen-bond donors (Lipinski definition) is 2. The molecule has 25 heavy (non-hydrogen) atoms. The van der Waals surface area contributed by atoms with E-state index >= 15 is 0 Å². The predicted molar refractivity (Wildman–Crippen MR) is 87.0 cm³/mol. The summed E-state index contributed by atoms with van der Waals surface area (Å²) in [6.45, 7) is 4.44. The smallest absolute Gasteiger partial charge is 0.312 e. The Morgan fingerprint density at radius 1 is 1.20 bits per heavy atom. The maximum absolute atomic E-state index is 14.2. The van der Waals surface area contributed by atoms with Gasteiger partial charge in [0.05, 0.1) is 0 Å². The second-order valence-electron chi connectivity index (χ2n) is 6.76. The maximum Gasteiger partial charge on any atom is 0.312 e. The van der Waals surface area contributed by atoms with Gasteiger partial charge in [-0.1, -0.05) is 0 Å². The van der Waals surface area contributed by atoms with Gasteiger partial charge in [-0.25, -0.2) is 4.39 Å². The number of anilines is 2. The van der Waals surface area contributed by atoms with Crippen molar-refractivity contribution in [3.63, 3.8) is 0 Å². The average Bonchev–Trinajstić information content (AvgIpc) is 3.34. The Hall–Kier alpha value is -2.19. The van der Waals surface area contributed by atoms with Crippen molar-refractivity contribution in [3.05, 3.63) is 11.7 Å². The lowest BCUT2D eigenvalue weighted by molar-refractivity contribution is -0.141. The number of aromatic nitrogens is 3. The molecule has 0 amide bonds. The molecule has 2 aliphatic carbocycles. The third kappa shape index (κ3) is 4.08. The molecule has 6 nitrogen and oxygen atoms in total. The molecule has 2 N–H and O–H groups in total. The summed E-state index contributed by atoms with van der Waals surface area (Å²) in [4.78, 5) is 24.0. The van der Waals surface area contributed by atoms with Crippen molar-refractivity contribution < 1.29 is 18.0 Å². The molecule has 1 heterocycles. The zero-order chi connectivity index (χ0) is 18.2. The Kier molecular flexibility index (Phi) is 4.66. The minimum Gasteiger partial charge on any atom is -0.354 e. The van der Waals surface area contributed by atoms with Gasteiger partial charge in [0.15, 0.2) is 11.7 Å². The fraction of sp³-hybridized carbons (Fsp3) is 0.625. The number of allylic oxidation sites excluding steroid dienone is 2. The summed E-state index contributed by atoms with van der Waals surface area (Å²) >= 11 is 0. The van der Waals surface area contributed by atoms with Gasteiger partial charge in [-0.3, -0.25) is 4.79 Å². The number of halogens is 3. The van der Waals surface area contributed by atoms with Crippen molar-refractivity contribution in [1.82, 2.24) is 15.0 Å². The molecule has 0 atom stereocenters. The van der Waals surface area contributed by atoms with Gasteiger partial charge >= 0.3 is 5.92 Å². The van der Waals surface area contributed by atoms with Crippen LogP contribution in [-0.4, -0.2) is 39.2 Å². The monoisotopic (exact) mass is 355 g/mol. The van der Waals surface area contributed by atoms with E-state index in [9.17, 15) is 18.0 Å². The molecule has 3 rings (SSSR count). The van der Waals surface area contributed by atoms with Crippen LogP contribution in [0.25, 0.3) is 5.57 Å². The molecule has 9 heteroatoms. The Morgan fingerprint density at radius 2 is 1.88 bits per heavy atom. The average molecular weight is 355 g/mol. The molecule has 0 bridgehead atoms. The number of nitrogens with one attached hydrogen (secondary N) is 2. The van der Waals surface area contributed by atoms with Crippen molar-refractivity contribution in [2.75, 3.05) is 17.2 Å². The van der Waals surface area contributed by atoms with Crippen LogP contribution in [0, 0.1) is 5.92 Å². The SMILES string of the molecule is CC(C)Nc1nc(NCC2CC2)nc(C2=C(F)C(=O)C(F)(F)CC2)n1. The number of rotatable bonds is 6. The fourth-order valence-corrected chi connectivity index (χ4v) is 2.48. The minimum atomic E-state index is -3.67. The molecular formula is C16H20F3N5O. The lowest BCUT2D eigenvalue weighted by atomic mass is 9.93. The van der Waals surface area contributed by atoms with Gasteiger partial charge in [-0.15, -0.1) is 0 Å². The molecule has 1 aromatic heterocycles. The number of carbonyl (C=O) groups excluding carboxylic acids is 1. The molecule has 0 spiro atoms. The first-order valence-electron chi connectivity index (χ1n) is 8.34. The Morgan fingerprint density at radius 3 is 2.52 bits per heavy atom. The van der Waals surface area contributed by atoms with E-state index in [1.165, 1.54) is 0 Å². The Labute approximate surface area is 143 Å². The molecule has 136 valence electrons. The van der Waals surface area contributed by atoms with Gasteiger partial charge in [0.25, 0.3) is 5.78 Å². The number of carbonyl (C=O) groups is 1. The van der Waals surface area contributed by atoms with Crippen molar-refractivity contribution in [3.8, 4) is 0 Å². The van der Waals surface area contributed by atoms with Crippen LogP contribution in [0.15, 0.2) is 5.83 Å². The van der Waals surface area contributed by atoms with Crippen molar-refractivity contribution in [2.24, 2.45) is 5.92 Å². The van der Waals surface area contributed by atoms with E-state index in [4.69, 9.17) is 0 Å². The van der Waals surface area contributed by atoms with Gasteiger partial charge in [0.1, 0.15) is 0 Å². The first-order chi connectivity index (χ1) is 11.8.